The van der Waals surface area contributed by atoms with Gasteiger partial charge in [-0.2, -0.15) is 4.98 Å². The number of amides is 1. The van der Waals surface area contributed by atoms with Gasteiger partial charge in [-0.1, -0.05) is 25.5 Å². The topological polar surface area (TPSA) is 103 Å². The van der Waals surface area contributed by atoms with Crippen molar-refractivity contribution in [2.24, 2.45) is 0 Å². The first kappa shape index (κ1) is 21.0. The van der Waals surface area contributed by atoms with Gasteiger partial charge in [0.15, 0.2) is 12.5 Å². The number of halogens is 1. The highest BCUT2D eigenvalue weighted by molar-refractivity contribution is 5.95. The second-order valence-corrected chi connectivity index (χ2v) is 8.09. The number of nitrogens with zero attached hydrogens (tertiary/aromatic N) is 5. The Morgan fingerprint density at radius 3 is 2.58 bits per heavy atom. The van der Waals surface area contributed by atoms with Crippen LogP contribution in [-0.4, -0.2) is 50.4 Å². The van der Waals surface area contributed by atoms with Gasteiger partial charge < -0.3 is 15.2 Å². The SMILES string of the molecule is CCCCc1c(O)n2c3c(nc2n(Cc2ccc(F)cc2)c1=O)N(C)C[N+](C)([O-])C3=O. The Morgan fingerprint density at radius 2 is 1.94 bits per heavy atom. The first-order valence-electron chi connectivity index (χ1n) is 10.1. The molecule has 0 aliphatic carbocycles. The summed E-state index contributed by atoms with van der Waals surface area (Å²) >= 11 is 0. The number of carbonyl (C=O) groups is 1. The zero-order valence-corrected chi connectivity index (χ0v) is 17.6. The van der Waals surface area contributed by atoms with Gasteiger partial charge in [0.25, 0.3) is 5.56 Å². The van der Waals surface area contributed by atoms with Crippen LogP contribution in [0.4, 0.5) is 10.2 Å². The van der Waals surface area contributed by atoms with Crippen LogP contribution in [0.2, 0.25) is 0 Å². The molecular formula is C21H24FN5O4. The average molecular weight is 429 g/mol. The maximum Gasteiger partial charge on any atom is 0.368 e. The molecule has 1 N–H and O–H groups in total. The minimum atomic E-state index is -1.18. The van der Waals surface area contributed by atoms with Crippen LogP contribution in [0.1, 0.15) is 41.4 Å². The number of imidazole rings is 1. The Kier molecular flexibility index (Phi) is 5.06. The van der Waals surface area contributed by atoms with Crippen LogP contribution < -0.4 is 10.5 Å². The van der Waals surface area contributed by atoms with E-state index in [1.165, 1.54) is 33.0 Å². The van der Waals surface area contributed by atoms with Crippen molar-refractivity contribution in [1.29, 1.82) is 0 Å². The predicted molar refractivity (Wildman–Crippen MR) is 112 cm³/mol. The molecule has 0 bridgehead atoms. The summed E-state index contributed by atoms with van der Waals surface area (Å²) in [5, 5.41) is 23.7. The van der Waals surface area contributed by atoms with Gasteiger partial charge in [-0.05, 0) is 30.5 Å². The molecule has 4 rings (SSSR count). The maximum absolute atomic E-state index is 13.3. The Bertz CT molecular complexity index is 1230. The lowest BCUT2D eigenvalue weighted by Gasteiger charge is -2.41. The van der Waals surface area contributed by atoms with Crippen molar-refractivity contribution >= 4 is 17.5 Å². The van der Waals surface area contributed by atoms with Crippen molar-refractivity contribution in [2.75, 3.05) is 25.7 Å². The molecule has 31 heavy (non-hydrogen) atoms. The van der Waals surface area contributed by atoms with E-state index in [0.717, 1.165) is 6.42 Å². The first-order chi connectivity index (χ1) is 14.7. The second-order valence-electron chi connectivity index (χ2n) is 8.09. The van der Waals surface area contributed by atoms with Crippen molar-refractivity contribution in [3.8, 4) is 5.88 Å². The molecule has 3 aromatic rings. The third-order valence-electron chi connectivity index (χ3n) is 5.58. The van der Waals surface area contributed by atoms with Crippen molar-refractivity contribution in [3.63, 3.8) is 0 Å². The van der Waals surface area contributed by atoms with E-state index in [2.05, 4.69) is 4.98 Å². The summed E-state index contributed by atoms with van der Waals surface area (Å²) in [6, 6.07) is 5.71. The Morgan fingerprint density at radius 1 is 1.26 bits per heavy atom. The quantitative estimate of drug-likeness (QED) is 0.493. The van der Waals surface area contributed by atoms with Gasteiger partial charge in [0.1, 0.15) is 5.82 Å². The van der Waals surface area contributed by atoms with E-state index in [1.54, 1.807) is 19.2 Å². The fourth-order valence-electron chi connectivity index (χ4n) is 3.97. The van der Waals surface area contributed by atoms with Gasteiger partial charge in [0.2, 0.25) is 17.4 Å². The standard InChI is InChI=1S/C21H24FN5O4/c1-4-5-6-15-18(28)25(11-13-7-9-14(22)10-8-13)21-23-17-16(26(21)19(15)29)20(30)27(3,31)12-24(17)2/h7-10,29H,4-6,11-12H2,1-3H3. The summed E-state index contributed by atoms with van der Waals surface area (Å²) in [5.41, 5.74) is 0.323. The number of hydroxylamine groups is 3. The second kappa shape index (κ2) is 7.47. The van der Waals surface area contributed by atoms with E-state index in [9.17, 15) is 24.3 Å². The largest absolute Gasteiger partial charge is 0.624 e. The Balaban J connectivity index is 2.02. The lowest BCUT2D eigenvalue weighted by Crippen LogP contribution is -2.54. The molecule has 0 radical (unpaired) electrons. The zero-order valence-electron chi connectivity index (χ0n) is 17.6. The highest BCUT2D eigenvalue weighted by Gasteiger charge is 2.41. The van der Waals surface area contributed by atoms with Gasteiger partial charge >= 0.3 is 5.91 Å². The van der Waals surface area contributed by atoms with Crippen LogP contribution in [0, 0.1) is 11.0 Å². The molecule has 0 fully saturated rings. The third-order valence-corrected chi connectivity index (χ3v) is 5.58. The van der Waals surface area contributed by atoms with Gasteiger partial charge in [-0.25, -0.2) is 13.6 Å². The first-order valence-corrected chi connectivity index (χ1v) is 10.1. The molecule has 0 saturated heterocycles. The zero-order chi connectivity index (χ0) is 22.5. The van der Waals surface area contributed by atoms with E-state index in [0.29, 0.717) is 18.4 Å². The van der Waals surface area contributed by atoms with Crippen molar-refractivity contribution in [3.05, 3.63) is 62.5 Å². The number of hydrogen-bond donors (Lipinski definition) is 1. The Hall–Kier alpha value is -3.24. The van der Waals surface area contributed by atoms with Crippen molar-refractivity contribution < 1.29 is 18.9 Å². The summed E-state index contributed by atoms with van der Waals surface area (Å²) in [6.45, 7) is 1.89. The van der Waals surface area contributed by atoms with Gasteiger partial charge in [0.05, 0.1) is 19.2 Å². The minimum absolute atomic E-state index is 0.0515. The molecule has 2 aromatic heterocycles. The van der Waals surface area contributed by atoms with E-state index >= 15 is 0 Å². The number of anilines is 1. The molecule has 1 atom stereocenters. The van der Waals surface area contributed by atoms with Crippen molar-refractivity contribution in [2.45, 2.75) is 32.7 Å². The van der Waals surface area contributed by atoms with Gasteiger partial charge in [-0.3, -0.25) is 14.0 Å². The smallest absolute Gasteiger partial charge is 0.368 e. The number of rotatable bonds is 5. The molecule has 10 heteroatoms. The van der Waals surface area contributed by atoms with Crippen LogP contribution >= 0.6 is 0 Å². The molecule has 1 amide bonds. The summed E-state index contributed by atoms with van der Waals surface area (Å²) in [7, 11) is 2.87. The summed E-state index contributed by atoms with van der Waals surface area (Å²) in [4.78, 5) is 32.2. The summed E-state index contributed by atoms with van der Waals surface area (Å²) in [5.74, 6) is -1.23. The van der Waals surface area contributed by atoms with Gasteiger partial charge in [-0.15, -0.1) is 0 Å². The fourth-order valence-corrected chi connectivity index (χ4v) is 3.97. The van der Waals surface area contributed by atoms with Crippen LogP contribution in [0.3, 0.4) is 0 Å². The molecule has 0 spiro atoms. The van der Waals surface area contributed by atoms with Crippen LogP contribution in [0.25, 0.3) is 5.78 Å². The monoisotopic (exact) mass is 429 g/mol. The summed E-state index contributed by atoms with van der Waals surface area (Å²) in [6.07, 6.45) is 1.76. The number of aromatic nitrogens is 3. The number of unbranched alkanes of at least 4 members (excludes halogenated alkanes) is 1. The number of hydrogen-bond acceptors (Lipinski definition) is 6. The molecule has 164 valence electrons. The average Bonchev–Trinajstić information content (AvgIpc) is 3.12. The molecule has 1 aromatic carbocycles. The van der Waals surface area contributed by atoms with Crippen LogP contribution in [-0.2, 0) is 13.0 Å². The number of fused-ring (bicyclic) bond motifs is 3. The highest BCUT2D eigenvalue weighted by Crippen LogP contribution is 2.33. The maximum atomic E-state index is 13.3. The Labute approximate surface area is 177 Å². The molecule has 1 aliphatic rings. The van der Waals surface area contributed by atoms with E-state index in [4.69, 9.17) is 0 Å². The number of benzene rings is 1. The predicted octanol–water partition coefficient (Wildman–Crippen LogP) is 2.22. The number of aromatic hydroxyl groups is 1. The molecule has 0 saturated carbocycles. The third kappa shape index (κ3) is 3.37. The molecule has 3 heterocycles. The van der Waals surface area contributed by atoms with Crippen molar-refractivity contribution in [1.82, 2.24) is 14.0 Å². The van der Waals surface area contributed by atoms with E-state index < -0.39 is 21.9 Å². The molecule has 1 aliphatic heterocycles. The minimum Gasteiger partial charge on any atom is -0.624 e. The molecule has 1 unspecified atom stereocenters. The van der Waals surface area contributed by atoms with Gasteiger partial charge in [0, 0.05) is 7.05 Å². The number of quaternary nitrogens is 1. The lowest BCUT2D eigenvalue weighted by atomic mass is 10.1. The van der Waals surface area contributed by atoms with Crippen LogP contribution in [0.15, 0.2) is 29.1 Å². The molecular weight excluding hydrogens is 405 g/mol. The van der Waals surface area contributed by atoms with E-state index in [1.807, 2.05) is 6.92 Å². The molecule has 9 nitrogen and oxygen atoms in total. The normalized spacial score (nSPS) is 18.6. The fraction of sp³-hybridized carbons (Fsp3) is 0.381. The van der Waals surface area contributed by atoms with E-state index in [-0.39, 0.29) is 41.9 Å². The lowest BCUT2D eigenvalue weighted by molar-refractivity contribution is -0.776. The van der Waals surface area contributed by atoms with Crippen LogP contribution in [0.5, 0.6) is 5.88 Å². The summed E-state index contributed by atoms with van der Waals surface area (Å²) < 4.78 is 14.7. The number of carbonyl (C=O) groups excluding carboxylic acids is 1. The highest BCUT2D eigenvalue weighted by atomic mass is 19.1.